The normalized spacial score (nSPS) is 10.8. The number of ether oxygens (including phenoxy) is 1. The van der Waals surface area contributed by atoms with Crippen molar-refractivity contribution >= 4 is 5.97 Å². The Morgan fingerprint density at radius 1 is 1.24 bits per heavy atom. The molecule has 0 aliphatic rings. The third-order valence-electron chi connectivity index (χ3n) is 2.35. The summed E-state index contributed by atoms with van der Waals surface area (Å²) in [6.07, 6.45) is -0.0146. The van der Waals surface area contributed by atoms with Crippen LogP contribution in [0.25, 0.3) is 0 Å². The summed E-state index contributed by atoms with van der Waals surface area (Å²) in [6.45, 7) is 7.91. The van der Waals surface area contributed by atoms with Crippen LogP contribution in [0.3, 0.4) is 0 Å². The molecule has 1 aromatic carbocycles. The van der Waals surface area contributed by atoms with Crippen molar-refractivity contribution in [3.8, 4) is 5.75 Å². The quantitative estimate of drug-likeness (QED) is 0.818. The molecule has 0 saturated carbocycles. The van der Waals surface area contributed by atoms with Crippen LogP contribution < -0.4 is 10.6 Å². The smallest absolute Gasteiger partial charge is 0.360 e. The SMILES string of the molecule is CC(C)Oc1c(C(=O)ON)cccc1C(C)C. The number of nitrogens with two attached hydrogens (primary N) is 1. The molecule has 0 aliphatic carbocycles. The Morgan fingerprint density at radius 2 is 1.88 bits per heavy atom. The lowest BCUT2D eigenvalue weighted by molar-refractivity contribution is 0.0497. The van der Waals surface area contributed by atoms with Crippen LogP contribution in [0, 0.1) is 0 Å². The molecule has 2 N–H and O–H groups in total. The van der Waals surface area contributed by atoms with Gasteiger partial charge in [0.25, 0.3) is 0 Å². The van der Waals surface area contributed by atoms with Crippen molar-refractivity contribution < 1.29 is 14.4 Å². The van der Waals surface area contributed by atoms with E-state index in [1.165, 1.54) is 0 Å². The van der Waals surface area contributed by atoms with Gasteiger partial charge in [-0.25, -0.2) is 4.79 Å². The molecule has 0 bridgehead atoms. The van der Waals surface area contributed by atoms with E-state index in [1.54, 1.807) is 12.1 Å². The van der Waals surface area contributed by atoms with Crippen molar-refractivity contribution in [2.45, 2.75) is 39.7 Å². The fourth-order valence-electron chi connectivity index (χ4n) is 1.60. The Morgan fingerprint density at radius 3 is 2.35 bits per heavy atom. The maximum absolute atomic E-state index is 11.6. The van der Waals surface area contributed by atoms with Crippen molar-refractivity contribution in [2.24, 2.45) is 5.90 Å². The maximum atomic E-state index is 11.6. The Balaban J connectivity index is 3.28. The van der Waals surface area contributed by atoms with E-state index in [4.69, 9.17) is 10.6 Å². The van der Waals surface area contributed by atoms with Gasteiger partial charge in [0, 0.05) is 0 Å². The minimum absolute atomic E-state index is 0.0146. The van der Waals surface area contributed by atoms with Crippen molar-refractivity contribution in [3.63, 3.8) is 0 Å². The van der Waals surface area contributed by atoms with Gasteiger partial charge in [-0.05, 0) is 31.4 Å². The van der Waals surface area contributed by atoms with Crippen LogP contribution in [0.15, 0.2) is 18.2 Å². The van der Waals surface area contributed by atoms with Gasteiger partial charge in [0.2, 0.25) is 0 Å². The number of hydrogen-bond donors (Lipinski definition) is 1. The molecule has 1 rings (SSSR count). The molecule has 94 valence electrons. The summed E-state index contributed by atoms with van der Waals surface area (Å²) in [4.78, 5) is 15.8. The lowest BCUT2D eigenvalue weighted by Gasteiger charge is -2.18. The number of carbonyl (C=O) groups is 1. The molecule has 0 aliphatic heterocycles. The highest BCUT2D eigenvalue weighted by Crippen LogP contribution is 2.31. The van der Waals surface area contributed by atoms with Gasteiger partial charge in [-0.15, -0.1) is 0 Å². The second-order valence-electron chi connectivity index (χ2n) is 4.45. The van der Waals surface area contributed by atoms with Crippen molar-refractivity contribution in [1.82, 2.24) is 0 Å². The molecule has 0 spiro atoms. The van der Waals surface area contributed by atoms with Crippen LogP contribution >= 0.6 is 0 Å². The highest BCUT2D eigenvalue weighted by molar-refractivity contribution is 5.92. The molecule has 17 heavy (non-hydrogen) atoms. The van der Waals surface area contributed by atoms with Gasteiger partial charge in [0.1, 0.15) is 11.3 Å². The summed E-state index contributed by atoms with van der Waals surface area (Å²) >= 11 is 0. The molecular formula is C13H19NO3. The maximum Gasteiger partial charge on any atom is 0.360 e. The number of carbonyl (C=O) groups excluding carboxylic acids is 1. The van der Waals surface area contributed by atoms with E-state index in [0.29, 0.717) is 11.3 Å². The summed E-state index contributed by atoms with van der Waals surface area (Å²) in [5, 5.41) is 0. The minimum atomic E-state index is -0.580. The third-order valence-corrected chi connectivity index (χ3v) is 2.35. The molecule has 0 aromatic heterocycles. The summed E-state index contributed by atoms with van der Waals surface area (Å²) in [6, 6.07) is 5.39. The van der Waals surface area contributed by atoms with Crippen LogP contribution in [0.4, 0.5) is 0 Å². The second kappa shape index (κ2) is 5.68. The first-order valence-corrected chi connectivity index (χ1v) is 5.68. The lowest BCUT2D eigenvalue weighted by atomic mass is 9.99. The first-order valence-electron chi connectivity index (χ1n) is 5.68. The van der Waals surface area contributed by atoms with E-state index in [1.807, 2.05) is 33.8 Å². The first-order chi connectivity index (χ1) is 7.97. The molecule has 0 saturated heterocycles. The molecule has 1 aromatic rings. The zero-order valence-electron chi connectivity index (χ0n) is 10.7. The van der Waals surface area contributed by atoms with E-state index in [9.17, 15) is 4.79 Å². The third kappa shape index (κ3) is 3.20. The molecule has 0 fully saturated rings. The zero-order valence-corrected chi connectivity index (χ0v) is 10.7. The minimum Gasteiger partial charge on any atom is -0.490 e. The zero-order chi connectivity index (χ0) is 13.0. The standard InChI is InChI=1S/C13H19NO3/c1-8(2)10-6-5-7-11(13(15)17-14)12(10)16-9(3)4/h5-9H,14H2,1-4H3. The summed E-state index contributed by atoms with van der Waals surface area (Å²) in [5.74, 6) is 5.17. The monoisotopic (exact) mass is 237 g/mol. The second-order valence-corrected chi connectivity index (χ2v) is 4.45. The van der Waals surface area contributed by atoms with Gasteiger partial charge in [0.15, 0.2) is 0 Å². The van der Waals surface area contributed by atoms with E-state index >= 15 is 0 Å². The molecule has 0 radical (unpaired) electrons. The van der Waals surface area contributed by atoms with Gasteiger partial charge in [-0.1, -0.05) is 26.0 Å². The number of para-hydroxylation sites is 1. The molecule has 0 amide bonds. The van der Waals surface area contributed by atoms with Gasteiger partial charge in [-0.3, -0.25) is 0 Å². The fraction of sp³-hybridized carbons (Fsp3) is 0.462. The number of rotatable bonds is 4. The molecule has 0 atom stereocenters. The first kappa shape index (κ1) is 13.5. The van der Waals surface area contributed by atoms with Gasteiger partial charge < -0.3 is 9.57 Å². The van der Waals surface area contributed by atoms with Gasteiger partial charge in [0.05, 0.1) is 6.10 Å². The number of benzene rings is 1. The van der Waals surface area contributed by atoms with Crippen molar-refractivity contribution in [1.29, 1.82) is 0 Å². The average molecular weight is 237 g/mol. The largest absolute Gasteiger partial charge is 0.490 e. The van der Waals surface area contributed by atoms with Crippen LogP contribution in [0.2, 0.25) is 0 Å². The highest BCUT2D eigenvalue weighted by atomic mass is 16.7. The average Bonchev–Trinajstić information content (AvgIpc) is 2.27. The molecular weight excluding hydrogens is 218 g/mol. The Labute approximate surface area is 102 Å². The number of hydrogen-bond acceptors (Lipinski definition) is 4. The van der Waals surface area contributed by atoms with Crippen molar-refractivity contribution in [2.75, 3.05) is 0 Å². The van der Waals surface area contributed by atoms with Crippen LogP contribution in [0.1, 0.15) is 49.5 Å². The summed E-state index contributed by atoms with van der Waals surface area (Å²) in [7, 11) is 0. The van der Waals surface area contributed by atoms with E-state index < -0.39 is 5.97 Å². The van der Waals surface area contributed by atoms with Crippen LogP contribution in [-0.4, -0.2) is 12.1 Å². The summed E-state index contributed by atoms with van der Waals surface area (Å²) in [5.41, 5.74) is 1.34. The fourth-order valence-corrected chi connectivity index (χ4v) is 1.60. The van der Waals surface area contributed by atoms with Gasteiger partial charge in [-0.2, -0.15) is 5.90 Å². The topological polar surface area (TPSA) is 61.5 Å². The van der Waals surface area contributed by atoms with E-state index in [2.05, 4.69) is 4.84 Å². The van der Waals surface area contributed by atoms with Crippen LogP contribution in [0.5, 0.6) is 5.75 Å². The van der Waals surface area contributed by atoms with Crippen LogP contribution in [-0.2, 0) is 4.84 Å². The predicted molar refractivity (Wildman–Crippen MR) is 65.9 cm³/mol. The highest BCUT2D eigenvalue weighted by Gasteiger charge is 2.19. The Kier molecular flexibility index (Phi) is 4.52. The molecule has 4 nitrogen and oxygen atoms in total. The Bertz CT molecular complexity index is 400. The van der Waals surface area contributed by atoms with E-state index in [0.717, 1.165) is 5.56 Å². The predicted octanol–water partition coefficient (Wildman–Crippen LogP) is 2.63. The van der Waals surface area contributed by atoms with Gasteiger partial charge >= 0.3 is 5.97 Å². The molecule has 0 unspecified atom stereocenters. The molecule has 4 heteroatoms. The summed E-state index contributed by atoms with van der Waals surface area (Å²) < 4.78 is 5.70. The van der Waals surface area contributed by atoms with Crippen molar-refractivity contribution in [3.05, 3.63) is 29.3 Å². The van der Waals surface area contributed by atoms with E-state index in [-0.39, 0.29) is 12.0 Å². The Hall–Kier alpha value is -1.55. The lowest BCUT2D eigenvalue weighted by Crippen LogP contribution is -2.16. The molecule has 0 heterocycles.